The van der Waals surface area contributed by atoms with Gasteiger partial charge in [0.15, 0.2) is 5.75 Å². The molecule has 116 valence electrons. The molecule has 0 radical (unpaired) electrons. The number of benzene rings is 1. The molecule has 0 bridgehead atoms. The zero-order chi connectivity index (χ0) is 15.6. The Morgan fingerprint density at radius 2 is 1.81 bits per heavy atom. The number of carbonyl (C=O) groups excluding carboxylic acids is 1. The van der Waals surface area contributed by atoms with Gasteiger partial charge >= 0.3 is 6.61 Å². The minimum absolute atomic E-state index is 0.115. The van der Waals surface area contributed by atoms with E-state index in [2.05, 4.69) is 10.1 Å². The number of ether oxygens (including phenoxy) is 1. The van der Waals surface area contributed by atoms with Crippen LogP contribution in [-0.2, 0) is 4.79 Å². The summed E-state index contributed by atoms with van der Waals surface area (Å²) in [6, 6.07) is 2.59. The summed E-state index contributed by atoms with van der Waals surface area (Å²) in [7, 11) is 0. The van der Waals surface area contributed by atoms with E-state index in [1.807, 2.05) is 0 Å². The molecule has 0 heterocycles. The Labute approximate surface area is 130 Å². The zero-order valence-electron chi connectivity index (χ0n) is 11.0. The first-order chi connectivity index (χ1) is 9.82. The minimum Gasteiger partial charge on any atom is -0.432 e. The molecule has 1 fully saturated rings. The molecule has 2 rings (SSSR count). The number of halogens is 4. The van der Waals surface area contributed by atoms with Crippen LogP contribution in [0.3, 0.4) is 0 Å². The summed E-state index contributed by atoms with van der Waals surface area (Å²) in [5.74, 6) is -0.663. The summed E-state index contributed by atoms with van der Waals surface area (Å²) < 4.78 is 28.7. The maximum atomic E-state index is 12.2. The predicted octanol–water partition coefficient (Wildman–Crippen LogP) is 3.80. The van der Waals surface area contributed by atoms with Crippen molar-refractivity contribution in [3.63, 3.8) is 0 Å². The van der Waals surface area contributed by atoms with Crippen LogP contribution in [0.2, 0.25) is 10.0 Å². The van der Waals surface area contributed by atoms with Crippen LogP contribution in [0.15, 0.2) is 12.1 Å². The maximum Gasteiger partial charge on any atom is 0.387 e. The lowest BCUT2D eigenvalue weighted by Crippen LogP contribution is -2.48. The van der Waals surface area contributed by atoms with Gasteiger partial charge in [0.25, 0.3) is 0 Å². The van der Waals surface area contributed by atoms with Crippen LogP contribution < -0.4 is 15.8 Å². The molecule has 0 atom stereocenters. The Morgan fingerprint density at radius 3 is 2.29 bits per heavy atom. The third-order valence-corrected chi connectivity index (χ3v) is 3.97. The molecule has 4 nitrogen and oxygen atoms in total. The first-order valence-electron chi connectivity index (χ1n) is 6.36. The molecule has 0 unspecified atom stereocenters. The van der Waals surface area contributed by atoms with E-state index in [1.165, 1.54) is 12.1 Å². The van der Waals surface area contributed by atoms with Gasteiger partial charge in [-0.15, -0.1) is 0 Å². The number of alkyl halides is 2. The number of amides is 1. The highest BCUT2D eigenvalue weighted by Gasteiger charge is 2.37. The molecule has 1 saturated carbocycles. The number of hydrogen-bond donors (Lipinski definition) is 2. The average Bonchev–Trinajstić information content (AvgIpc) is 2.82. The van der Waals surface area contributed by atoms with Gasteiger partial charge in [0.2, 0.25) is 5.91 Å². The van der Waals surface area contributed by atoms with Crippen LogP contribution >= 0.6 is 23.2 Å². The number of carbonyl (C=O) groups is 1. The number of anilines is 1. The molecule has 1 aliphatic rings. The molecule has 1 aliphatic carbocycles. The van der Waals surface area contributed by atoms with Crippen LogP contribution in [-0.4, -0.2) is 18.1 Å². The molecule has 1 amide bonds. The monoisotopic (exact) mass is 338 g/mol. The van der Waals surface area contributed by atoms with Crippen molar-refractivity contribution < 1.29 is 18.3 Å². The van der Waals surface area contributed by atoms with E-state index >= 15 is 0 Å². The van der Waals surface area contributed by atoms with Crippen molar-refractivity contribution in [3.05, 3.63) is 22.2 Å². The Hall–Kier alpha value is -1.11. The molecule has 0 aliphatic heterocycles. The molecule has 0 saturated heterocycles. The van der Waals surface area contributed by atoms with E-state index in [-0.39, 0.29) is 27.4 Å². The highest BCUT2D eigenvalue weighted by molar-refractivity contribution is 6.37. The Morgan fingerprint density at radius 1 is 1.29 bits per heavy atom. The Kier molecular flexibility index (Phi) is 4.91. The predicted molar refractivity (Wildman–Crippen MR) is 77.1 cm³/mol. The van der Waals surface area contributed by atoms with Crippen LogP contribution in [0.5, 0.6) is 5.75 Å². The summed E-state index contributed by atoms with van der Waals surface area (Å²) in [6.07, 6.45) is 3.00. The lowest BCUT2D eigenvalue weighted by molar-refractivity contribution is -0.121. The van der Waals surface area contributed by atoms with Crippen molar-refractivity contribution in [3.8, 4) is 5.75 Å². The van der Waals surface area contributed by atoms with Gasteiger partial charge in [0, 0.05) is 5.69 Å². The SMILES string of the molecule is NC1(C(=O)Nc2cc(Cl)c(OC(F)F)c(Cl)c2)CCCC1. The van der Waals surface area contributed by atoms with E-state index in [9.17, 15) is 13.6 Å². The van der Waals surface area contributed by atoms with E-state index in [4.69, 9.17) is 28.9 Å². The van der Waals surface area contributed by atoms with Crippen molar-refractivity contribution in [1.29, 1.82) is 0 Å². The average molecular weight is 339 g/mol. The summed E-state index contributed by atoms with van der Waals surface area (Å²) in [6.45, 7) is -3.04. The molecule has 1 aromatic carbocycles. The van der Waals surface area contributed by atoms with Gasteiger partial charge in [-0.3, -0.25) is 4.79 Å². The van der Waals surface area contributed by atoms with Crippen molar-refractivity contribution in [2.24, 2.45) is 5.73 Å². The first-order valence-corrected chi connectivity index (χ1v) is 7.11. The highest BCUT2D eigenvalue weighted by atomic mass is 35.5. The molecule has 8 heteroatoms. The van der Waals surface area contributed by atoms with Crippen LogP contribution in [0, 0.1) is 0 Å². The summed E-state index contributed by atoms with van der Waals surface area (Å²) in [5, 5.41) is 2.38. The molecular weight excluding hydrogens is 325 g/mol. The number of rotatable bonds is 4. The van der Waals surface area contributed by atoms with Gasteiger partial charge < -0.3 is 15.8 Å². The second-order valence-corrected chi connectivity index (χ2v) is 5.78. The number of hydrogen-bond acceptors (Lipinski definition) is 3. The fourth-order valence-corrected chi connectivity index (χ4v) is 2.90. The van der Waals surface area contributed by atoms with E-state index in [0.29, 0.717) is 12.8 Å². The first kappa shape index (κ1) is 16.3. The summed E-state index contributed by atoms with van der Waals surface area (Å²) in [4.78, 5) is 12.1. The molecular formula is C13H14Cl2F2N2O2. The van der Waals surface area contributed by atoms with Crippen molar-refractivity contribution in [2.45, 2.75) is 37.8 Å². The van der Waals surface area contributed by atoms with Gasteiger partial charge in [0.1, 0.15) is 0 Å². The quantitative estimate of drug-likeness (QED) is 0.877. The van der Waals surface area contributed by atoms with Crippen molar-refractivity contribution in [2.75, 3.05) is 5.32 Å². The molecule has 21 heavy (non-hydrogen) atoms. The minimum atomic E-state index is -3.04. The van der Waals surface area contributed by atoms with Crippen LogP contribution in [0.25, 0.3) is 0 Å². The molecule has 0 spiro atoms. The topological polar surface area (TPSA) is 64.4 Å². The second-order valence-electron chi connectivity index (χ2n) is 4.96. The Bertz CT molecular complexity index is 526. The number of nitrogens with one attached hydrogen (secondary N) is 1. The van der Waals surface area contributed by atoms with E-state index in [1.54, 1.807) is 0 Å². The normalized spacial score (nSPS) is 17.0. The Balaban J connectivity index is 2.16. The van der Waals surface area contributed by atoms with Crippen molar-refractivity contribution >= 4 is 34.8 Å². The fourth-order valence-electron chi connectivity index (χ4n) is 2.32. The van der Waals surface area contributed by atoms with Crippen LogP contribution in [0.1, 0.15) is 25.7 Å². The van der Waals surface area contributed by atoms with Crippen molar-refractivity contribution in [1.82, 2.24) is 0 Å². The van der Waals surface area contributed by atoms with Gasteiger partial charge in [0.05, 0.1) is 15.6 Å². The molecule has 1 aromatic rings. The fraction of sp³-hybridized carbons (Fsp3) is 0.462. The third-order valence-electron chi connectivity index (χ3n) is 3.41. The van der Waals surface area contributed by atoms with E-state index in [0.717, 1.165) is 12.8 Å². The largest absolute Gasteiger partial charge is 0.432 e. The zero-order valence-corrected chi connectivity index (χ0v) is 12.5. The summed E-state index contributed by atoms with van der Waals surface area (Å²) in [5.41, 5.74) is 5.40. The maximum absolute atomic E-state index is 12.2. The standard InChI is InChI=1S/C13H14Cl2F2N2O2/c14-8-5-7(6-9(15)10(8)21-12(16)17)19-11(20)13(18)3-1-2-4-13/h5-6,12H,1-4,18H2,(H,19,20). The van der Waals surface area contributed by atoms with E-state index < -0.39 is 12.2 Å². The van der Waals surface area contributed by atoms with Gasteiger partial charge in [-0.25, -0.2) is 0 Å². The summed E-state index contributed by atoms with van der Waals surface area (Å²) >= 11 is 11.7. The lowest BCUT2D eigenvalue weighted by atomic mass is 9.98. The van der Waals surface area contributed by atoms with Gasteiger partial charge in [-0.05, 0) is 25.0 Å². The highest BCUT2D eigenvalue weighted by Crippen LogP contribution is 2.37. The van der Waals surface area contributed by atoms with Gasteiger partial charge in [-0.2, -0.15) is 8.78 Å². The smallest absolute Gasteiger partial charge is 0.387 e. The van der Waals surface area contributed by atoms with Crippen LogP contribution in [0.4, 0.5) is 14.5 Å². The third kappa shape index (κ3) is 3.75. The molecule has 3 N–H and O–H groups in total. The van der Waals surface area contributed by atoms with Gasteiger partial charge in [-0.1, -0.05) is 36.0 Å². The molecule has 0 aromatic heterocycles. The second kappa shape index (κ2) is 6.34. The number of nitrogens with two attached hydrogens (primary N) is 1. The lowest BCUT2D eigenvalue weighted by Gasteiger charge is -2.22.